The highest BCUT2D eigenvalue weighted by atomic mass is 16.6. The maximum Gasteiger partial charge on any atom is 0.411 e. The number of hydrogen-bond acceptors (Lipinski definition) is 3. The van der Waals surface area contributed by atoms with Gasteiger partial charge in [-0.1, -0.05) is 72.8 Å². The fraction of sp³-hybridized carbons (Fsp3) is 0.200. The highest BCUT2D eigenvalue weighted by Gasteiger charge is 2.31. The van der Waals surface area contributed by atoms with Crippen LogP contribution in [0.5, 0.6) is 0 Å². The minimum atomic E-state index is -0.537. The van der Waals surface area contributed by atoms with Crippen LogP contribution in [0.2, 0.25) is 0 Å². The number of nitrogens with one attached hydrogen (secondary N) is 1. The number of likely N-dealkylation sites (tertiary alicyclic amines) is 1. The van der Waals surface area contributed by atoms with Crippen LogP contribution in [-0.2, 0) is 16.0 Å². The molecule has 1 aliphatic rings. The van der Waals surface area contributed by atoms with Crippen molar-refractivity contribution in [2.24, 2.45) is 0 Å². The predicted octanol–water partition coefficient (Wildman–Crippen LogP) is 4.75. The maximum atomic E-state index is 12.3. The van der Waals surface area contributed by atoms with Crippen molar-refractivity contribution in [3.05, 3.63) is 90.5 Å². The molecule has 0 bridgehead atoms. The van der Waals surface area contributed by atoms with Gasteiger partial charge in [0.2, 0.25) is 5.91 Å². The van der Waals surface area contributed by atoms with Crippen LogP contribution in [0.1, 0.15) is 12.0 Å². The van der Waals surface area contributed by atoms with E-state index in [9.17, 15) is 9.59 Å². The molecule has 0 aliphatic carbocycles. The van der Waals surface area contributed by atoms with E-state index in [1.807, 2.05) is 84.9 Å². The molecule has 2 amide bonds. The van der Waals surface area contributed by atoms with Gasteiger partial charge in [0.05, 0.1) is 13.0 Å². The first-order chi connectivity index (χ1) is 14.7. The second kappa shape index (κ2) is 9.27. The van der Waals surface area contributed by atoms with E-state index in [1.165, 1.54) is 5.56 Å². The van der Waals surface area contributed by atoms with Crippen molar-refractivity contribution < 1.29 is 14.3 Å². The summed E-state index contributed by atoms with van der Waals surface area (Å²) < 4.78 is 5.47. The average Bonchev–Trinajstić information content (AvgIpc) is 3.12. The van der Waals surface area contributed by atoms with Crippen molar-refractivity contribution in [1.29, 1.82) is 0 Å². The first-order valence-electron chi connectivity index (χ1n) is 10.1. The lowest BCUT2D eigenvalue weighted by Crippen LogP contribution is -2.29. The molecule has 1 saturated heterocycles. The highest BCUT2D eigenvalue weighted by Crippen LogP contribution is 2.21. The molecule has 1 unspecified atom stereocenters. The number of rotatable bonds is 6. The van der Waals surface area contributed by atoms with Gasteiger partial charge >= 0.3 is 6.09 Å². The predicted molar refractivity (Wildman–Crippen MR) is 117 cm³/mol. The Hall–Kier alpha value is -3.60. The first-order valence-corrected chi connectivity index (χ1v) is 10.1. The Balaban J connectivity index is 1.26. The second-order valence-corrected chi connectivity index (χ2v) is 7.38. The third-order valence-corrected chi connectivity index (χ3v) is 5.20. The minimum absolute atomic E-state index is 0.0240. The van der Waals surface area contributed by atoms with Gasteiger partial charge in [-0.2, -0.15) is 0 Å². The van der Waals surface area contributed by atoms with E-state index >= 15 is 0 Å². The Bertz CT molecular complexity index is 988. The largest absolute Gasteiger partial charge is 0.444 e. The van der Waals surface area contributed by atoms with E-state index in [0.29, 0.717) is 18.8 Å². The molecule has 0 spiro atoms. The molecule has 30 heavy (non-hydrogen) atoms. The molecule has 0 radical (unpaired) electrons. The first kappa shape index (κ1) is 19.7. The van der Waals surface area contributed by atoms with E-state index in [4.69, 9.17) is 4.74 Å². The van der Waals surface area contributed by atoms with Crippen LogP contribution in [0.3, 0.4) is 0 Å². The van der Waals surface area contributed by atoms with E-state index in [1.54, 1.807) is 4.90 Å². The van der Waals surface area contributed by atoms with E-state index in [0.717, 1.165) is 17.5 Å². The number of nitrogens with zero attached hydrogens (tertiary/aromatic N) is 1. The van der Waals surface area contributed by atoms with Gasteiger partial charge in [0.25, 0.3) is 0 Å². The van der Waals surface area contributed by atoms with Gasteiger partial charge in [-0.25, -0.2) is 4.79 Å². The summed E-state index contributed by atoms with van der Waals surface area (Å²) in [7, 11) is 0. The van der Waals surface area contributed by atoms with Crippen molar-refractivity contribution >= 4 is 17.7 Å². The molecule has 3 aromatic carbocycles. The Kier molecular flexibility index (Phi) is 6.09. The van der Waals surface area contributed by atoms with Gasteiger partial charge < -0.3 is 9.64 Å². The molecular formula is C25H24N2O3. The summed E-state index contributed by atoms with van der Waals surface area (Å²) in [6, 6.07) is 27.7. The molecule has 1 aliphatic heterocycles. The third kappa shape index (κ3) is 5.06. The van der Waals surface area contributed by atoms with Crippen LogP contribution >= 0.6 is 0 Å². The van der Waals surface area contributed by atoms with Crippen molar-refractivity contribution in [1.82, 2.24) is 4.90 Å². The number of hydrogen-bond donors (Lipinski definition) is 1. The molecule has 0 saturated carbocycles. The topological polar surface area (TPSA) is 58.6 Å². The molecule has 3 aromatic rings. The molecule has 1 heterocycles. The molecule has 152 valence electrons. The summed E-state index contributed by atoms with van der Waals surface area (Å²) in [4.78, 5) is 26.2. The van der Waals surface area contributed by atoms with Crippen LogP contribution in [-0.4, -0.2) is 36.1 Å². The lowest BCUT2D eigenvalue weighted by molar-refractivity contribution is -0.127. The fourth-order valence-corrected chi connectivity index (χ4v) is 3.61. The fourth-order valence-electron chi connectivity index (χ4n) is 3.61. The minimum Gasteiger partial charge on any atom is -0.444 e. The average molecular weight is 400 g/mol. The molecular weight excluding hydrogens is 376 g/mol. The monoisotopic (exact) mass is 400 g/mol. The van der Waals surface area contributed by atoms with E-state index in [-0.39, 0.29) is 12.3 Å². The van der Waals surface area contributed by atoms with Crippen molar-refractivity contribution in [3.8, 4) is 11.1 Å². The molecule has 1 N–H and O–H groups in total. The maximum absolute atomic E-state index is 12.3. The van der Waals surface area contributed by atoms with Crippen LogP contribution in [0.15, 0.2) is 84.9 Å². The molecule has 5 heteroatoms. The van der Waals surface area contributed by atoms with Crippen molar-refractivity contribution in [2.75, 3.05) is 18.4 Å². The summed E-state index contributed by atoms with van der Waals surface area (Å²) in [6.07, 6.45) is 0.0658. The number of carbonyl (C=O) groups excluding carboxylic acids is 2. The summed E-state index contributed by atoms with van der Waals surface area (Å²) in [6.45, 7) is 1.07. The number of amides is 2. The Labute approximate surface area is 176 Å². The summed E-state index contributed by atoms with van der Waals surface area (Å²) in [5, 5.41) is 2.74. The quantitative estimate of drug-likeness (QED) is 0.650. The zero-order valence-electron chi connectivity index (χ0n) is 16.7. The van der Waals surface area contributed by atoms with E-state index in [2.05, 4.69) is 5.32 Å². The zero-order chi connectivity index (χ0) is 20.8. The summed E-state index contributed by atoms with van der Waals surface area (Å²) >= 11 is 0. The lowest BCUT2D eigenvalue weighted by atomic mass is 10.1. The molecule has 5 nitrogen and oxygen atoms in total. The Morgan fingerprint density at radius 3 is 2.23 bits per heavy atom. The van der Waals surface area contributed by atoms with Crippen molar-refractivity contribution in [2.45, 2.75) is 18.9 Å². The summed E-state index contributed by atoms with van der Waals surface area (Å²) in [5.74, 6) is 0.0240. The SMILES string of the molecule is O=C(Nc1ccc(-c2ccccc2)cc1)OC1CC(=O)N(CCc2ccccc2)C1. The molecule has 4 rings (SSSR count). The van der Waals surface area contributed by atoms with E-state index < -0.39 is 12.2 Å². The van der Waals surface area contributed by atoms with Gasteiger partial charge in [-0.3, -0.25) is 10.1 Å². The second-order valence-electron chi connectivity index (χ2n) is 7.38. The van der Waals surface area contributed by atoms with Crippen LogP contribution in [0, 0.1) is 0 Å². The normalized spacial score (nSPS) is 15.8. The van der Waals surface area contributed by atoms with Gasteiger partial charge in [0.15, 0.2) is 0 Å². The molecule has 0 aromatic heterocycles. The zero-order valence-corrected chi connectivity index (χ0v) is 16.7. The standard InChI is InChI=1S/C25H24N2O3/c28-24-17-23(18-27(24)16-15-19-7-3-1-4-8-19)30-25(29)26-22-13-11-21(12-14-22)20-9-5-2-6-10-20/h1-14,23H,15-18H2,(H,26,29). The smallest absolute Gasteiger partial charge is 0.411 e. The summed E-state index contributed by atoms with van der Waals surface area (Å²) in [5.41, 5.74) is 4.04. The van der Waals surface area contributed by atoms with Gasteiger partial charge in [0.1, 0.15) is 6.10 Å². The van der Waals surface area contributed by atoms with Crippen LogP contribution in [0.4, 0.5) is 10.5 Å². The lowest BCUT2D eigenvalue weighted by Gasteiger charge is -2.17. The number of anilines is 1. The van der Waals surface area contributed by atoms with Gasteiger partial charge in [-0.15, -0.1) is 0 Å². The number of ether oxygens (including phenoxy) is 1. The van der Waals surface area contributed by atoms with Crippen molar-refractivity contribution in [3.63, 3.8) is 0 Å². The molecule has 1 fully saturated rings. The highest BCUT2D eigenvalue weighted by molar-refractivity contribution is 5.86. The Morgan fingerprint density at radius 1 is 0.900 bits per heavy atom. The number of carbonyl (C=O) groups is 2. The third-order valence-electron chi connectivity index (χ3n) is 5.20. The molecule has 1 atom stereocenters. The van der Waals surface area contributed by atoms with Gasteiger partial charge in [0, 0.05) is 12.2 Å². The van der Waals surface area contributed by atoms with Crippen LogP contribution in [0.25, 0.3) is 11.1 Å². The Morgan fingerprint density at radius 2 is 1.53 bits per heavy atom. The number of benzene rings is 3. The van der Waals surface area contributed by atoms with Crippen LogP contribution < -0.4 is 5.32 Å². The van der Waals surface area contributed by atoms with Gasteiger partial charge in [-0.05, 0) is 35.2 Å².